The van der Waals surface area contributed by atoms with Gasteiger partial charge in [0.15, 0.2) is 0 Å². The highest BCUT2D eigenvalue weighted by Gasteiger charge is 2.21. The molecular weight excluding hydrogens is 200 g/mol. The van der Waals surface area contributed by atoms with Gasteiger partial charge in [-0.25, -0.2) is 4.79 Å². The molecule has 0 aliphatic rings. The van der Waals surface area contributed by atoms with Gasteiger partial charge < -0.3 is 19.0 Å². The minimum absolute atomic E-state index is 0.336. The highest BCUT2D eigenvalue weighted by molar-refractivity contribution is 5.82. The van der Waals surface area contributed by atoms with Crippen molar-refractivity contribution in [3.63, 3.8) is 0 Å². The molecular formula is C10H16O5. The van der Waals surface area contributed by atoms with Crippen LogP contribution in [0.1, 0.15) is 6.92 Å². The maximum absolute atomic E-state index is 11.0. The fourth-order valence-electron chi connectivity index (χ4n) is 1.09. The third-order valence-corrected chi connectivity index (χ3v) is 2.04. The van der Waals surface area contributed by atoms with Crippen LogP contribution in [0, 0.1) is 5.92 Å². The standard InChI is InChI=1S/C10H16O5/c1-7(9(6-11)14-3)8(13-2)5-10(12)15-4/h5-7,9H,1-4H3/b8-5-. The molecule has 0 aromatic heterocycles. The van der Waals surface area contributed by atoms with Crippen LogP contribution < -0.4 is 0 Å². The van der Waals surface area contributed by atoms with Gasteiger partial charge in [0.25, 0.3) is 0 Å². The van der Waals surface area contributed by atoms with Gasteiger partial charge in [0.1, 0.15) is 18.1 Å². The second-order valence-corrected chi connectivity index (χ2v) is 2.90. The van der Waals surface area contributed by atoms with Crippen LogP contribution in [0.15, 0.2) is 11.8 Å². The topological polar surface area (TPSA) is 61.8 Å². The second-order valence-electron chi connectivity index (χ2n) is 2.90. The van der Waals surface area contributed by atoms with Gasteiger partial charge in [-0.2, -0.15) is 0 Å². The second kappa shape index (κ2) is 7.00. The zero-order valence-electron chi connectivity index (χ0n) is 9.35. The molecule has 0 spiro atoms. The van der Waals surface area contributed by atoms with E-state index in [4.69, 9.17) is 9.47 Å². The predicted octanol–water partition coefficient (Wildman–Crippen LogP) is 0.540. The number of hydrogen-bond donors (Lipinski definition) is 0. The van der Waals surface area contributed by atoms with Crippen LogP contribution in [0.2, 0.25) is 0 Å². The third-order valence-electron chi connectivity index (χ3n) is 2.04. The van der Waals surface area contributed by atoms with Gasteiger partial charge in [0, 0.05) is 13.0 Å². The van der Waals surface area contributed by atoms with Gasteiger partial charge in [-0.1, -0.05) is 6.92 Å². The first-order valence-corrected chi connectivity index (χ1v) is 4.42. The molecule has 0 radical (unpaired) electrons. The fraction of sp³-hybridized carbons (Fsp3) is 0.600. The average molecular weight is 216 g/mol. The molecule has 2 unspecified atom stereocenters. The number of methoxy groups -OCH3 is 3. The van der Waals surface area contributed by atoms with Gasteiger partial charge >= 0.3 is 5.97 Å². The molecule has 0 aromatic rings. The summed E-state index contributed by atoms with van der Waals surface area (Å²) in [6, 6.07) is 0. The third kappa shape index (κ3) is 4.12. The Bertz CT molecular complexity index is 246. The van der Waals surface area contributed by atoms with Crippen molar-refractivity contribution >= 4 is 12.3 Å². The van der Waals surface area contributed by atoms with E-state index in [1.165, 1.54) is 27.4 Å². The van der Waals surface area contributed by atoms with Crippen molar-refractivity contribution in [2.24, 2.45) is 5.92 Å². The van der Waals surface area contributed by atoms with Crippen LogP contribution in [0.5, 0.6) is 0 Å². The molecule has 0 bridgehead atoms. The summed E-state index contributed by atoms with van der Waals surface area (Å²) in [6.07, 6.45) is 1.22. The lowest BCUT2D eigenvalue weighted by molar-refractivity contribution is -0.135. The normalized spacial score (nSPS) is 15.3. The zero-order valence-corrected chi connectivity index (χ0v) is 9.35. The molecule has 0 heterocycles. The molecule has 0 fully saturated rings. The number of carbonyl (C=O) groups excluding carboxylic acids is 2. The molecule has 0 N–H and O–H groups in total. The van der Waals surface area contributed by atoms with E-state index < -0.39 is 12.1 Å². The summed E-state index contributed by atoms with van der Waals surface area (Å²) >= 11 is 0. The van der Waals surface area contributed by atoms with Crippen molar-refractivity contribution in [2.75, 3.05) is 21.3 Å². The zero-order chi connectivity index (χ0) is 11.8. The molecule has 0 aliphatic heterocycles. The Labute approximate surface area is 89.0 Å². The Morgan fingerprint density at radius 3 is 2.13 bits per heavy atom. The Morgan fingerprint density at radius 1 is 1.20 bits per heavy atom. The summed E-state index contributed by atoms with van der Waals surface area (Å²) in [5, 5.41) is 0. The van der Waals surface area contributed by atoms with Gasteiger partial charge in [0.2, 0.25) is 0 Å². The number of ether oxygens (including phenoxy) is 3. The summed E-state index contributed by atoms with van der Waals surface area (Å²) in [7, 11) is 4.11. The number of rotatable bonds is 6. The van der Waals surface area contributed by atoms with Crippen molar-refractivity contribution in [1.82, 2.24) is 0 Å². The predicted molar refractivity (Wildman–Crippen MR) is 53.1 cm³/mol. The molecule has 0 saturated heterocycles. The molecule has 0 aromatic carbocycles. The van der Waals surface area contributed by atoms with Crippen LogP contribution in [0.4, 0.5) is 0 Å². The summed E-state index contributed by atoms with van der Waals surface area (Å²) in [5.41, 5.74) is 0. The van der Waals surface area contributed by atoms with Crippen molar-refractivity contribution in [2.45, 2.75) is 13.0 Å². The van der Waals surface area contributed by atoms with Gasteiger partial charge in [-0.15, -0.1) is 0 Å². The molecule has 2 atom stereocenters. The lowest BCUT2D eigenvalue weighted by Gasteiger charge is -2.19. The number of esters is 1. The van der Waals surface area contributed by atoms with Crippen LogP contribution in [-0.4, -0.2) is 39.7 Å². The first-order valence-electron chi connectivity index (χ1n) is 4.42. The van der Waals surface area contributed by atoms with E-state index in [2.05, 4.69) is 4.74 Å². The maximum Gasteiger partial charge on any atom is 0.333 e. The number of aldehydes is 1. The highest BCUT2D eigenvalue weighted by atomic mass is 16.5. The van der Waals surface area contributed by atoms with E-state index in [0.29, 0.717) is 12.0 Å². The van der Waals surface area contributed by atoms with Gasteiger partial charge in [-0.05, 0) is 0 Å². The SMILES string of the molecule is COC(=O)/C=C(\OC)C(C)C(C=O)OC. The Kier molecular flexibility index (Phi) is 6.37. The molecule has 86 valence electrons. The van der Waals surface area contributed by atoms with Crippen molar-refractivity contribution in [1.29, 1.82) is 0 Å². The maximum atomic E-state index is 11.0. The summed E-state index contributed by atoms with van der Waals surface area (Å²) < 4.78 is 14.4. The lowest BCUT2D eigenvalue weighted by atomic mass is 10.0. The number of carbonyl (C=O) groups is 2. The first kappa shape index (κ1) is 13.6. The molecule has 15 heavy (non-hydrogen) atoms. The Morgan fingerprint density at radius 2 is 1.80 bits per heavy atom. The van der Waals surface area contributed by atoms with Crippen molar-refractivity contribution in [3.8, 4) is 0 Å². The monoisotopic (exact) mass is 216 g/mol. The van der Waals surface area contributed by atoms with Crippen LogP contribution >= 0.6 is 0 Å². The van der Waals surface area contributed by atoms with Crippen LogP contribution in [0.3, 0.4) is 0 Å². The van der Waals surface area contributed by atoms with E-state index in [-0.39, 0.29) is 5.92 Å². The smallest absolute Gasteiger partial charge is 0.333 e. The van der Waals surface area contributed by atoms with E-state index in [1.807, 2.05) is 0 Å². The van der Waals surface area contributed by atoms with Crippen LogP contribution in [0.25, 0.3) is 0 Å². The molecule has 5 heteroatoms. The average Bonchev–Trinajstić information content (AvgIpc) is 2.26. The minimum Gasteiger partial charge on any atom is -0.500 e. The lowest BCUT2D eigenvalue weighted by Crippen LogP contribution is -2.24. The minimum atomic E-state index is -0.638. The largest absolute Gasteiger partial charge is 0.500 e. The quantitative estimate of drug-likeness (QED) is 0.280. The Balaban J connectivity index is 4.72. The molecule has 0 rings (SSSR count). The van der Waals surface area contributed by atoms with E-state index in [0.717, 1.165) is 0 Å². The molecule has 0 amide bonds. The highest BCUT2D eigenvalue weighted by Crippen LogP contribution is 2.16. The van der Waals surface area contributed by atoms with Crippen LogP contribution in [-0.2, 0) is 23.8 Å². The molecule has 0 aliphatic carbocycles. The summed E-state index contributed by atoms with van der Waals surface area (Å²) in [6.45, 7) is 1.72. The molecule has 0 saturated carbocycles. The molecule has 5 nitrogen and oxygen atoms in total. The van der Waals surface area contributed by atoms with E-state index in [9.17, 15) is 9.59 Å². The van der Waals surface area contributed by atoms with Gasteiger partial charge in [0.05, 0.1) is 20.3 Å². The number of hydrogen-bond acceptors (Lipinski definition) is 5. The van der Waals surface area contributed by atoms with Crippen molar-refractivity contribution in [3.05, 3.63) is 11.8 Å². The van der Waals surface area contributed by atoms with Crippen molar-refractivity contribution < 1.29 is 23.8 Å². The summed E-state index contributed by atoms with van der Waals surface area (Å²) in [5.74, 6) is -0.517. The fourth-order valence-corrected chi connectivity index (χ4v) is 1.09. The van der Waals surface area contributed by atoms with E-state index >= 15 is 0 Å². The summed E-state index contributed by atoms with van der Waals surface area (Å²) in [4.78, 5) is 21.6. The van der Waals surface area contributed by atoms with E-state index in [1.54, 1.807) is 6.92 Å². The Hall–Kier alpha value is -1.36. The van der Waals surface area contributed by atoms with Gasteiger partial charge in [-0.3, -0.25) is 0 Å². The first-order chi connectivity index (χ1) is 7.10.